The highest BCUT2D eigenvalue weighted by molar-refractivity contribution is 5.94. The minimum atomic E-state index is 0.197. The van der Waals surface area contributed by atoms with Crippen molar-refractivity contribution in [1.29, 1.82) is 0 Å². The van der Waals surface area contributed by atoms with Crippen LogP contribution < -0.4 is 0 Å². The molecule has 1 aliphatic heterocycles. The summed E-state index contributed by atoms with van der Waals surface area (Å²) in [5.41, 5.74) is 3.28. The van der Waals surface area contributed by atoms with Gasteiger partial charge >= 0.3 is 0 Å². The summed E-state index contributed by atoms with van der Waals surface area (Å²) in [6.07, 6.45) is 3.56. The van der Waals surface area contributed by atoms with E-state index in [0.717, 1.165) is 31.5 Å². The van der Waals surface area contributed by atoms with Crippen LogP contribution in [-0.4, -0.2) is 23.9 Å². The molecular formula is C18H31NO. The summed E-state index contributed by atoms with van der Waals surface area (Å²) in [6, 6.07) is 5.98. The zero-order valence-electron chi connectivity index (χ0n) is 14.1. The Bertz CT molecular complexity index is 392. The average Bonchev–Trinajstić information content (AvgIpc) is 2.54. The Balaban J connectivity index is 0.000000829. The van der Waals surface area contributed by atoms with Gasteiger partial charge in [0.2, 0.25) is 0 Å². The van der Waals surface area contributed by atoms with Crippen LogP contribution in [0.1, 0.15) is 68.4 Å². The molecule has 1 fully saturated rings. The van der Waals surface area contributed by atoms with E-state index in [9.17, 15) is 4.79 Å². The standard InChI is InChI=1S/C14H19NO.2C2H6/c1-11-6-7-13(10-12(11)2)14(16)15-8-4-3-5-9-15;2*1-2/h6-7,10H,3-5,8-9H2,1-2H3;2*1-2H3. The third kappa shape index (κ3) is 5.36. The summed E-state index contributed by atoms with van der Waals surface area (Å²) >= 11 is 0. The molecule has 0 N–H and O–H groups in total. The number of hydrogen-bond donors (Lipinski definition) is 0. The quantitative estimate of drug-likeness (QED) is 0.708. The van der Waals surface area contributed by atoms with Gasteiger partial charge < -0.3 is 4.90 Å². The number of nitrogens with zero attached hydrogens (tertiary/aromatic N) is 1. The fourth-order valence-corrected chi connectivity index (χ4v) is 2.15. The van der Waals surface area contributed by atoms with Crippen molar-refractivity contribution in [3.05, 3.63) is 34.9 Å². The zero-order chi connectivity index (χ0) is 15.5. The molecule has 20 heavy (non-hydrogen) atoms. The molecule has 2 rings (SSSR count). The molecule has 0 aliphatic carbocycles. The van der Waals surface area contributed by atoms with Crippen LogP contribution in [0, 0.1) is 13.8 Å². The lowest BCUT2D eigenvalue weighted by Gasteiger charge is -2.26. The fraction of sp³-hybridized carbons (Fsp3) is 0.611. The van der Waals surface area contributed by atoms with E-state index in [4.69, 9.17) is 0 Å². The molecule has 2 nitrogen and oxygen atoms in total. The van der Waals surface area contributed by atoms with E-state index in [-0.39, 0.29) is 5.91 Å². The molecule has 1 aromatic carbocycles. The van der Waals surface area contributed by atoms with Gasteiger partial charge in [0, 0.05) is 18.7 Å². The lowest BCUT2D eigenvalue weighted by molar-refractivity contribution is 0.0724. The van der Waals surface area contributed by atoms with Crippen molar-refractivity contribution >= 4 is 5.91 Å². The molecule has 0 radical (unpaired) electrons. The van der Waals surface area contributed by atoms with Crippen molar-refractivity contribution in [3.63, 3.8) is 0 Å². The van der Waals surface area contributed by atoms with Crippen molar-refractivity contribution in [2.75, 3.05) is 13.1 Å². The number of rotatable bonds is 1. The van der Waals surface area contributed by atoms with Gasteiger partial charge in [0.25, 0.3) is 5.91 Å². The second-order valence-electron chi connectivity index (χ2n) is 4.65. The van der Waals surface area contributed by atoms with E-state index in [2.05, 4.69) is 13.8 Å². The molecule has 2 heteroatoms. The summed E-state index contributed by atoms with van der Waals surface area (Å²) < 4.78 is 0. The van der Waals surface area contributed by atoms with Crippen molar-refractivity contribution in [3.8, 4) is 0 Å². The van der Waals surface area contributed by atoms with Crippen molar-refractivity contribution < 1.29 is 4.79 Å². The Morgan fingerprint density at radius 2 is 1.45 bits per heavy atom. The number of hydrogen-bond acceptors (Lipinski definition) is 1. The Hall–Kier alpha value is -1.31. The molecule has 0 saturated carbocycles. The molecule has 1 saturated heterocycles. The van der Waals surface area contributed by atoms with Crippen molar-refractivity contribution in [1.82, 2.24) is 4.90 Å². The molecule has 0 bridgehead atoms. The lowest BCUT2D eigenvalue weighted by atomic mass is 10.0. The van der Waals surface area contributed by atoms with E-state index in [1.807, 2.05) is 50.8 Å². The summed E-state index contributed by atoms with van der Waals surface area (Å²) in [5.74, 6) is 0.197. The van der Waals surface area contributed by atoms with Crippen LogP contribution in [0.3, 0.4) is 0 Å². The van der Waals surface area contributed by atoms with Crippen LogP contribution in [-0.2, 0) is 0 Å². The summed E-state index contributed by atoms with van der Waals surface area (Å²) in [7, 11) is 0. The highest BCUT2D eigenvalue weighted by atomic mass is 16.2. The van der Waals surface area contributed by atoms with E-state index < -0.39 is 0 Å². The largest absolute Gasteiger partial charge is 0.339 e. The molecule has 0 spiro atoms. The highest BCUT2D eigenvalue weighted by Crippen LogP contribution is 2.15. The first-order chi connectivity index (χ1) is 9.68. The summed E-state index contributed by atoms with van der Waals surface area (Å²) in [5, 5.41) is 0. The average molecular weight is 277 g/mol. The molecule has 114 valence electrons. The van der Waals surface area contributed by atoms with E-state index in [1.54, 1.807) is 0 Å². The maximum atomic E-state index is 12.2. The van der Waals surface area contributed by atoms with E-state index in [0.29, 0.717) is 0 Å². The minimum Gasteiger partial charge on any atom is -0.339 e. The van der Waals surface area contributed by atoms with Gasteiger partial charge in [-0.3, -0.25) is 4.79 Å². The zero-order valence-corrected chi connectivity index (χ0v) is 14.1. The second kappa shape index (κ2) is 10.5. The number of aryl methyl sites for hydroxylation is 2. The predicted molar refractivity (Wildman–Crippen MR) is 88.4 cm³/mol. The third-order valence-electron chi connectivity index (χ3n) is 3.40. The lowest BCUT2D eigenvalue weighted by Crippen LogP contribution is -2.35. The van der Waals surface area contributed by atoms with Crippen LogP contribution in [0.15, 0.2) is 18.2 Å². The fourth-order valence-electron chi connectivity index (χ4n) is 2.15. The van der Waals surface area contributed by atoms with Gasteiger partial charge in [-0.15, -0.1) is 0 Å². The monoisotopic (exact) mass is 277 g/mol. The number of likely N-dealkylation sites (tertiary alicyclic amines) is 1. The highest BCUT2D eigenvalue weighted by Gasteiger charge is 2.18. The van der Waals surface area contributed by atoms with Gasteiger partial charge in [0.05, 0.1) is 0 Å². The van der Waals surface area contributed by atoms with Crippen LogP contribution in [0.2, 0.25) is 0 Å². The minimum absolute atomic E-state index is 0.197. The van der Waals surface area contributed by atoms with Crippen LogP contribution in [0.4, 0.5) is 0 Å². The van der Waals surface area contributed by atoms with Gasteiger partial charge in [-0.05, 0) is 56.4 Å². The predicted octanol–water partition coefficient (Wildman–Crippen LogP) is 4.98. The van der Waals surface area contributed by atoms with Gasteiger partial charge in [0.1, 0.15) is 0 Å². The van der Waals surface area contributed by atoms with E-state index in [1.165, 1.54) is 17.5 Å². The van der Waals surface area contributed by atoms with Gasteiger partial charge in [-0.2, -0.15) is 0 Å². The number of benzene rings is 1. The first kappa shape index (κ1) is 18.7. The smallest absolute Gasteiger partial charge is 0.253 e. The number of carbonyl (C=O) groups excluding carboxylic acids is 1. The van der Waals surface area contributed by atoms with Gasteiger partial charge in [0.15, 0.2) is 0 Å². The maximum absolute atomic E-state index is 12.2. The molecule has 1 amide bonds. The number of carbonyl (C=O) groups is 1. The third-order valence-corrected chi connectivity index (χ3v) is 3.40. The molecule has 1 heterocycles. The van der Waals surface area contributed by atoms with Crippen LogP contribution in [0.5, 0.6) is 0 Å². The summed E-state index contributed by atoms with van der Waals surface area (Å²) in [4.78, 5) is 14.2. The summed E-state index contributed by atoms with van der Waals surface area (Å²) in [6.45, 7) is 14.0. The molecular weight excluding hydrogens is 246 g/mol. The van der Waals surface area contributed by atoms with Gasteiger partial charge in [-0.25, -0.2) is 0 Å². The Morgan fingerprint density at radius 3 is 1.95 bits per heavy atom. The molecule has 1 aliphatic rings. The second-order valence-corrected chi connectivity index (χ2v) is 4.65. The molecule has 0 unspecified atom stereocenters. The normalized spacial score (nSPS) is 13.6. The molecule has 1 aromatic rings. The van der Waals surface area contributed by atoms with Crippen LogP contribution in [0.25, 0.3) is 0 Å². The van der Waals surface area contributed by atoms with Crippen LogP contribution >= 0.6 is 0 Å². The first-order valence-corrected chi connectivity index (χ1v) is 8.05. The molecule has 0 atom stereocenters. The number of amides is 1. The van der Waals surface area contributed by atoms with E-state index >= 15 is 0 Å². The van der Waals surface area contributed by atoms with Gasteiger partial charge in [-0.1, -0.05) is 33.8 Å². The SMILES string of the molecule is CC.CC.Cc1ccc(C(=O)N2CCCCC2)cc1C. The van der Waals surface area contributed by atoms with Crippen molar-refractivity contribution in [2.24, 2.45) is 0 Å². The molecule has 0 aromatic heterocycles. The van der Waals surface area contributed by atoms with Crippen molar-refractivity contribution in [2.45, 2.75) is 60.8 Å². The maximum Gasteiger partial charge on any atom is 0.253 e. The first-order valence-electron chi connectivity index (χ1n) is 8.05. The Kier molecular flexibility index (Phi) is 9.79. The Labute approximate surface area is 125 Å². The Morgan fingerprint density at radius 1 is 0.900 bits per heavy atom. The topological polar surface area (TPSA) is 20.3 Å². The number of piperidine rings is 1.